The molecule has 1 fully saturated rings. The van der Waals surface area contributed by atoms with Crippen LogP contribution in [0.3, 0.4) is 0 Å². The maximum Gasteiger partial charge on any atom is 0.333 e. The smallest absolute Gasteiger partial charge is 0.333 e. The van der Waals surface area contributed by atoms with Crippen LogP contribution < -0.4 is 16.3 Å². The van der Waals surface area contributed by atoms with Gasteiger partial charge in [-0.1, -0.05) is 29.8 Å². The number of nitrogens with zero attached hydrogens (tertiary/aromatic N) is 3. The number of pyridine rings is 1. The van der Waals surface area contributed by atoms with Gasteiger partial charge in [-0.25, -0.2) is 13.6 Å². The van der Waals surface area contributed by atoms with Crippen molar-refractivity contribution in [2.75, 3.05) is 6.54 Å². The molecule has 10 heteroatoms. The number of alkyl halides is 2. The first-order valence-electron chi connectivity index (χ1n) is 13.7. The van der Waals surface area contributed by atoms with Gasteiger partial charge in [0.2, 0.25) is 0 Å². The van der Waals surface area contributed by atoms with Crippen LogP contribution >= 0.6 is 11.6 Å². The molecular weight excluding hydrogens is 536 g/mol. The molecule has 1 aliphatic heterocycles. The number of benzene rings is 2. The standard InChI is InChI=1S/C30H30ClF2N5O2/c31-21-14-24(27(28(32)33)35-16-21)29(39)36-22-8-5-18(6-9-22)17-37-25-3-1-2-4-26(25)38(30(37)40)23-10-7-19-11-12-34-15-20(19)13-23/h1-4,7,10,13-14,16,18,22,28,34H,5-6,8-9,11-12,15,17H2,(H,36,39). The van der Waals surface area contributed by atoms with Gasteiger partial charge in [0, 0.05) is 25.3 Å². The van der Waals surface area contributed by atoms with E-state index in [-0.39, 0.29) is 28.2 Å². The van der Waals surface area contributed by atoms with Gasteiger partial charge in [0.25, 0.3) is 12.3 Å². The summed E-state index contributed by atoms with van der Waals surface area (Å²) in [6.45, 7) is 2.34. The minimum Gasteiger partial charge on any atom is -0.349 e. The maximum absolute atomic E-state index is 13.8. The second-order valence-corrected chi connectivity index (χ2v) is 11.1. The van der Waals surface area contributed by atoms with E-state index in [4.69, 9.17) is 11.6 Å². The van der Waals surface area contributed by atoms with E-state index in [0.29, 0.717) is 19.4 Å². The van der Waals surface area contributed by atoms with Crippen LogP contribution in [0.1, 0.15) is 59.3 Å². The Kier molecular flexibility index (Phi) is 7.42. The highest BCUT2D eigenvalue weighted by atomic mass is 35.5. The number of carbonyl (C=O) groups excluding carboxylic acids is 1. The minimum atomic E-state index is -2.87. The lowest BCUT2D eigenvalue weighted by atomic mass is 9.85. The molecule has 2 aromatic carbocycles. The van der Waals surface area contributed by atoms with Crippen LogP contribution in [0.4, 0.5) is 8.78 Å². The average molecular weight is 566 g/mol. The molecule has 0 saturated heterocycles. The second-order valence-electron chi connectivity index (χ2n) is 10.7. The first kappa shape index (κ1) is 26.7. The zero-order valence-corrected chi connectivity index (χ0v) is 22.6. The highest BCUT2D eigenvalue weighted by molar-refractivity contribution is 6.30. The van der Waals surface area contributed by atoms with Crippen LogP contribution in [0, 0.1) is 5.92 Å². The van der Waals surface area contributed by atoms with Gasteiger partial charge in [-0.3, -0.25) is 18.9 Å². The summed E-state index contributed by atoms with van der Waals surface area (Å²) in [4.78, 5) is 30.2. The lowest BCUT2D eigenvalue weighted by Gasteiger charge is -2.29. The molecule has 6 rings (SSSR count). The van der Waals surface area contributed by atoms with Crippen molar-refractivity contribution < 1.29 is 13.6 Å². The molecule has 1 aliphatic carbocycles. The van der Waals surface area contributed by atoms with Crippen LogP contribution in [0.25, 0.3) is 16.7 Å². The van der Waals surface area contributed by atoms with Crippen molar-refractivity contribution in [1.29, 1.82) is 0 Å². The summed E-state index contributed by atoms with van der Waals surface area (Å²) in [5.41, 5.74) is 4.36. The summed E-state index contributed by atoms with van der Waals surface area (Å²) in [5, 5.41) is 6.42. The number of carbonyl (C=O) groups is 1. The Morgan fingerprint density at radius 1 is 1.07 bits per heavy atom. The van der Waals surface area contributed by atoms with E-state index in [1.807, 2.05) is 34.9 Å². The first-order valence-corrected chi connectivity index (χ1v) is 14.0. The summed E-state index contributed by atoms with van der Waals surface area (Å²) < 4.78 is 30.4. The van der Waals surface area contributed by atoms with E-state index >= 15 is 0 Å². The van der Waals surface area contributed by atoms with Crippen LogP contribution in [-0.4, -0.2) is 32.6 Å². The summed E-state index contributed by atoms with van der Waals surface area (Å²) >= 11 is 5.91. The van der Waals surface area contributed by atoms with Crippen LogP contribution in [0.5, 0.6) is 0 Å². The fourth-order valence-corrected chi connectivity index (χ4v) is 6.21. The molecule has 1 saturated carbocycles. The molecule has 0 atom stereocenters. The zero-order chi connectivity index (χ0) is 27.8. The summed E-state index contributed by atoms with van der Waals surface area (Å²) in [5.74, 6) is -0.337. The SMILES string of the molecule is O=C(NC1CCC(Cn2c(=O)n(-c3ccc4c(c3)CNCC4)c3ccccc32)CC1)c1cc(Cl)cnc1C(F)F. The molecule has 208 valence electrons. The van der Waals surface area contributed by atoms with Crippen molar-refractivity contribution in [3.8, 4) is 5.69 Å². The Hall–Kier alpha value is -3.56. The van der Waals surface area contributed by atoms with Gasteiger partial charge in [0.15, 0.2) is 0 Å². The van der Waals surface area contributed by atoms with Gasteiger partial charge in [0.05, 0.1) is 27.3 Å². The van der Waals surface area contributed by atoms with Crippen molar-refractivity contribution in [3.05, 3.63) is 92.6 Å². The first-order chi connectivity index (χ1) is 19.4. The number of fused-ring (bicyclic) bond motifs is 2. The van der Waals surface area contributed by atoms with Crippen molar-refractivity contribution in [1.82, 2.24) is 24.8 Å². The Balaban J connectivity index is 1.18. The van der Waals surface area contributed by atoms with Crippen molar-refractivity contribution in [2.45, 2.75) is 57.7 Å². The van der Waals surface area contributed by atoms with Gasteiger partial charge in [-0.2, -0.15) is 0 Å². The number of nitrogens with one attached hydrogen (secondary N) is 2. The fourth-order valence-electron chi connectivity index (χ4n) is 6.06. The van der Waals surface area contributed by atoms with E-state index in [1.54, 1.807) is 4.57 Å². The molecule has 1 amide bonds. The molecule has 3 heterocycles. The lowest BCUT2D eigenvalue weighted by Crippen LogP contribution is -2.39. The number of amides is 1. The molecular formula is C30H30ClF2N5O2. The van der Waals surface area contributed by atoms with Crippen LogP contribution in [0.15, 0.2) is 59.5 Å². The largest absolute Gasteiger partial charge is 0.349 e. The molecule has 2 N–H and O–H groups in total. The molecule has 40 heavy (non-hydrogen) atoms. The third-order valence-electron chi connectivity index (χ3n) is 8.13. The number of aromatic nitrogens is 3. The van der Waals surface area contributed by atoms with Crippen molar-refractivity contribution in [3.63, 3.8) is 0 Å². The molecule has 0 spiro atoms. The Labute approximate surface area is 235 Å². The van der Waals surface area contributed by atoms with E-state index in [0.717, 1.165) is 55.3 Å². The maximum atomic E-state index is 13.8. The number of para-hydroxylation sites is 2. The molecule has 4 aromatic rings. The van der Waals surface area contributed by atoms with Crippen LogP contribution in [-0.2, 0) is 19.5 Å². The molecule has 0 radical (unpaired) electrons. The van der Waals surface area contributed by atoms with E-state index in [2.05, 4.69) is 27.8 Å². The number of rotatable bonds is 6. The van der Waals surface area contributed by atoms with Gasteiger partial charge in [0.1, 0.15) is 5.69 Å². The molecule has 2 aliphatic rings. The summed E-state index contributed by atoms with van der Waals surface area (Å²) in [6.07, 6.45) is 2.23. The predicted molar refractivity (Wildman–Crippen MR) is 150 cm³/mol. The lowest BCUT2D eigenvalue weighted by molar-refractivity contribution is 0.0904. The van der Waals surface area contributed by atoms with Crippen LogP contribution in [0.2, 0.25) is 5.02 Å². The molecule has 0 bridgehead atoms. The highest BCUT2D eigenvalue weighted by Crippen LogP contribution is 2.29. The van der Waals surface area contributed by atoms with Gasteiger partial charge >= 0.3 is 5.69 Å². The Morgan fingerprint density at radius 2 is 1.85 bits per heavy atom. The quantitative estimate of drug-likeness (QED) is 0.327. The zero-order valence-electron chi connectivity index (χ0n) is 21.9. The number of imidazole rings is 1. The molecule has 0 unspecified atom stereocenters. The minimum absolute atomic E-state index is 0.0617. The van der Waals surface area contributed by atoms with E-state index in [1.165, 1.54) is 17.2 Å². The van der Waals surface area contributed by atoms with Gasteiger partial charge in [-0.05, 0) is 86.0 Å². The van der Waals surface area contributed by atoms with Crippen molar-refractivity contribution in [2.24, 2.45) is 5.92 Å². The third-order valence-corrected chi connectivity index (χ3v) is 8.34. The normalized spacial score (nSPS) is 19.1. The van der Waals surface area contributed by atoms with E-state index in [9.17, 15) is 18.4 Å². The van der Waals surface area contributed by atoms with Crippen molar-refractivity contribution >= 4 is 28.5 Å². The Bertz CT molecular complexity index is 1620. The third kappa shape index (κ3) is 5.15. The van der Waals surface area contributed by atoms with Gasteiger partial charge in [-0.15, -0.1) is 0 Å². The second kappa shape index (κ2) is 11.1. The number of hydrogen-bond donors (Lipinski definition) is 2. The summed E-state index contributed by atoms with van der Waals surface area (Å²) in [7, 11) is 0. The summed E-state index contributed by atoms with van der Waals surface area (Å²) in [6, 6.07) is 15.2. The average Bonchev–Trinajstić information content (AvgIpc) is 3.24. The fraction of sp³-hybridized carbons (Fsp3) is 0.367. The monoisotopic (exact) mass is 565 g/mol. The van der Waals surface area contributed by atoms with E-state index < -0.39 is 18.0 Å². The predicted octanol–water partition coefficient (Wildman–Crippen LogP) is 5.41. The molecule has 7 nitrogen and oxygen atoms in total. The Morgan fingerprint density at radius 3 is 2.62 bits per heavy atom. The number of hydrogen-bond acceptors (Lipinski definition) is 4. The number of halogens is 3. The highest BCUT2D eigenvalue weighted by Gasteiger charge is 2.27. The topological polar surface area (TPSA) is 81.0 Å². The molecule has 2 aromatic heterocycles. The van der Waals surface area contributed by atoms with Gasteiger partial charge < -0.3 is 10.6 Å².